The van der Waals surface area contributed by atoms with Gasteiger partial charge >= 0.3 is 0 Å². The summed E-state index contributed by atoms with van der Waals surface area (Å²) in [4.78, 5) is 2.19. The highest BCUT2D eigenvalue weighted by Crippen LogP contribution is 2.31. The molecule has 0 bridgehead atoms. The highest BCUT2D eigenvalue weighted by molar-refractivity contribution is 5.60. The summed E-state index contributed by atoms with van der Waals surface area (Å²) < 4.78 is 5.42. The number of aliphatic hydroxyl groups excluding tert-OH is 1. The third kappa shape index (κ3) is 3.91. The number of hydrogen-bond donors (Lipinski definition) is 1. The molecular formula is C15H25NO2. The first-order valence-electron chi connectivity index (χ1n) is 6.60. The SMILES string of the molecule is COc1ccc(C(C)C)cc1N(C)CCCCO. The molecule has 0 aliphatic carbocycles. The van der Waals surface area contributed by atoms with Crippen LogP contribution < -0.4 is 9.64 Å². The van der Waals surface area contributed by atoms with Crippen LogP contribution in [0.3, 0.4) is 0 Å². The minimum atomic E-state index is 0.261. The number of aliphatic hydroxyl groups is 1. The zero-order valence-electron chi connectivity index (χ0n) is 11.9. The maximum Gasteiger partial charge on any atom is 0.142 e. The molecule has 0 saturated carbocycles. The number of methoxy groups -OCH3 is 1. The lowest BCUT2D eigenvalue weighted by Crippen LogP contribution is -2.19. The van der Waals surface area contributed by atoms with Crippen LogP contribution in [0.15, 0.2) is 18.2 Å². The molecule has 1 aromatic rings. The fourth-order valence-corrected chi connectivity index (χ4v) is 1.95. The highest BCUT2D eigenvalue weighted by Gasteiger charge is 2.10. The smallest absolute Gasteiger partial charge is 0.142 e. The van der Waals surface area contributed by atoms with Crippen molar-refractivity contribution in [3.63, 3.8) is 0 Å². The van der Waals surface area contributed by atoms with Gasteiger partial charge in [-0.15, -0.1) is 0 Å². The van der Waals surface area contributed by atoms with Gasteiger partial charge in [-0.2, -0.15) is 0 Å². The van der Waals surface area contributed by atoms with E-state index in [2.05, 4.69) is 37.9 Å². The van der Waals surface area contributed by atoms with Gasteiger partial charge in [0.1, 0.15) is 5.75 Å². The van der Waals surface area contributed by atoms with E-state index < -0.39 is 0 Å². The third-order valence-corrected chi connectivity index (χ3v) is 3.18. The maximum absolute atomic E-state index is 8.82. The van der Waals surface area contributed by atoms with Crippen molar-refractivity contribution in [3.05, 3.63) is 23.8 Å². The Morgan fingerprint density at radius 3 is 2.56 bits per heavy atom. The van der Waals surface area contributed by atoms with E-state index in [1.54, 1.807) is 7.11 Å². The van der Waals surface area contributed by atoms with Gasteiger partial charge in [0.15, 0.2) is 0 Å². The summed E-state index contributed by atoms with van der Waals surface area (Å²) in [5.41, 5.74) is 2.45. The molecule has 1 aromatic carbocycles. The molecule has 0 aliphatic rings. The summed E-state index contributed by atoms with van der Waals surface area (Å²) in [6.45, 7) is 5.57. The minimum Gasteiger partial charge on any atom is -0.495 e. The molecule has 0 atom stereocenters. The number of anilines is 1. The van der Waals surface area contributed by atoms with Gasteiger partial charge in [0, 0.05) is 20.2 Å². The quantitative estimate of drug-likeness (QED) is 0.756. The van der Waals surface area contributed by atoms with E-state index in [-0.39, 0.29) is 6.61 Å². The number of unbranched alkanes of at least 4 members (excludes halogenated alkanes) is 1. The summed E-state index contributed by atoms with van der Waals surface area (Å²) in [6, 6.07) is 6.35. The Bertz CT molecular complexity index is 364. The van der Waals surface area contributed by atoms with E-state index in [9.17, 15) is 0 Å². The summed E-state index contributed by atoms with van der Waals surface area (Å²) in [5.74, 6) is 1.42. The number of benzene rings is 1. The van der Waals surface area contributed by atoms with Gasteiger partial charge in [-0.05, 0) is 36.5 Å². The van der Waals surface area contributed by atoms with Crippen molar-refractivity contribution in [3.8, 4) is 5.75 Å². The average molecular weight is 251 g/mol. The minimum absolute atomic E-state index is 0.261. The van der Waals surface area contributed by atoms with Crippen molar-refractivity contribution in [1.29, 1.82) is 0 Å². The average Bonchev–Trinajstić information content (AvgIpc) is 2.38. The van der Waals surface area contributed by atoms with Crippen molar-refractivity contribution >= 4 is 5.69 Å². The van der Waals surface area contributed by atoms with Crippen LogP contribution in [0.25, 0.3) is 0 Å². The second kappa shape index (κ2) is 7.27. The lowest BCUT2D eigenvalue weighted by Gasteiger charge is -2.23. The fourth-order valence-electron chi connectivity index (χ4n) is 1.95. The van der Waals surface area contributed by atoms with Crippen molar-refractivity contribution in [2.24, 2.45) is 0 Å². The van der Waals surface area contributed by atoms with E-state index in [1.165, 1.54) is 5.56 Å². The standard InChI is InChI=1S/C15H25NO2/c1-12(2)13-7-8-15(18-4)14(11-13)16(3)9-5-6-10-17/h7-8,11-12,17H,5-6,9-10H2,1-4H3. The Labute approximate surface area is 110 Å². The topological polar surface area (TPSA) is 32.7 Å². The molecule has 1 N–H and O–H groups in total. The molecular weight excluding hydrogens is 226 g/mol. The van der Waals surface area contributed by atoms with Crippen LogP contribution in [0.2, 0.25) is 0 Å². The monoisotopic (exact) mass is 251 g/mol. The molecule has 0 heterocycles. The Balaban J connectivity index is 2.85. The molecule has 3 heteroatoms. The third-order valence-electron chi connectivity index (χ3n) is 3.18. The first kappa shape index (κ1) is 14.8. The van der Waals surface area contributed by atoms with Gasteiger partial charge in [0.25, 0.3) is 0 Å². The Kier molecular flexibility index (Phi) is 5.99. The van der Waals surface area contributed by atoms with Crippen LogP contribution in [0.1, 0.15) is 38.2 Å². The maximum atomic E-state index is 8.82. The molecule has 3 nitrogen and oxygen atoms in total. The normalized spacial score (nSPS) is 10.8. The second-order valence-corrected chi connectivity index (χ2v) is 4.94. The van der Waals surface area contributed by atoms with E-state index in [0.29, 0.717) is 5.92 Å². The number of nitrogens with zero attached hydrogens (tertiary/aromatic N) is 1. The van der Waals surface area contributed by atoms with Crippen molar-refractivity contribution in [1.82, 2.24) is 0 Å². The molecule has 0 unspecified atom stereocenters. The van der Waals surface area contributed by atoms with Crippen LogP contribution in [0.4, 0.5) is 5.69 Å². The molecule has 18 heavy (non-hydrogen) atoms. The Hall–Kier alpha value is -1.22. The molecule has 0 aliphatic heterocycles. The number of ether oxygens (including phenoxy) is 1. The molecule has 102 valence electrons. The van der Waals surface area contributed by atoms with Crippen molar-refractivity contribution in [2.75, 3.05) is 32.2 Å². The molecule has 0 saturated heterocycles. The van der Waals surface area contributed by atoms with Gasteiger partial charge in [-0.3, -0.25) is 0 Å². The number of hydrogen-bond acceptors (Lipinski definition) is 3. The van der Waals surface area contributed by atoms with Crippen LogP contribution in [-0.2, 0) is 0 Å². The first-order chi connectivity index (χ1) is 8.60. The predicted octanol–water partition coefficient (Wildman–Crippen LogP) is 3.03. The summed E-state index contributed by atoms with van der Waals surface area (Å²) in [5, 5.41) is 8.82. The highest BCUT2D eigenvalue weighted by atomic mass is 16.5. The lowest BCUT2D eigenvalue weighted by molar-refractivity contribution is 0.285. The van der Waals surface area contributed by atoms with Crippen LogP contribution >= 0.6 is 0 Å². The van der Waals surface area contributed by atoms with Crippen molar-refractivity contribution < 1.29 is 9.84 Å². The summed E-state index contributed by atoms with van der Waals surface area (Å²) in [6.07, 6.45) is 1.83. The van der Waals surface area contributed by atoms with Gasteiger partial charge in [0.05, 0.1) is 12.8 Å². The predicted molar refractivity (Wildman–Crippen MR) is 76.7 cm³/mol. The van der Waals surface area contributed by atoms with Gasteiger partial charge < -0.3 is 14.7 Å². The van der Waals surface area contributed by atoms with E-state index in [1.807, 2.05) is 6.07 Å². The zero-order valence-corrected chi connectivity index (χ0v) is 11.9. The van der Waals surface area contributed by atoms with Gasteiger partial charge in [-0.25, -0.2) is 0 Å². The van der Waals surface area contributed by atoms with E-state index >= 15 is 0 Å². The molecule has 0 amide bonds. The van der Waals surface area contributed by atoms with Gasteiger partial charge in [0.2, 0.25) is 0 Å². The Morgan fingerprint density at radius 1 is 1.28 bits per heavy atom. The first-order valence-corrected chi connectivity index (χ1v) is 6.60. The summed E-state index contributed by atoms with van der Waals surface area (Å²) in [7, 11) is 3.77. The molecule has 0 aromatic heterocycles. The summed E-state index contributed by atoms with van der Waals surface area (Å²) >= 11 is 0. The second-order valence-electron chi connectivity index (χ2n) is 4.94. The lowest BCUT2D eigenvalue weighted by atomic mass is 10.0. The Morgan fingerprint density at radius 2 is 2.00 bits per heavy atom. The van der Waals surface area contributed by atoms with Gasteiger partial charge in [-0.1, -0.05) is 19.9 Å². The molecule has 0 fully saturated rings. The van der Waals surface area contributed by atoms with E-state index in [4.69, 9.17) is 9.84 Å². The largest absolute Gasteiger partial charge is 0.495 e. The zero-order chi connectivity index (χ0) is 13.5. The van der Waals surface area contributed by atoms with Crippen LogP contribution in [0.5, 0.6) is 5.75 Å². The molecule has 0 radical (unpaired) electrons. The van der Waals surface area contributed by atoms with Crippen LogP contribution in [0, 0.1) is 0 Å². The molecule has 1 rings (SSSR count). The fraction of sp³-hybridized carbons (Fsp3) is 0.600. The molecule has 0 spiro atoms. The number of rotatable bonds is 7. The van der Waals surface area contributed by atoms with Crippen LogP contribution in [-0.4, -0.2) is 32.4 Å². The van der Waals surface area contributed by atoms with Crippen molar-refractivity contribution in [2.45, 2.75) is 32.6 Å². The van der Waals surface area contributed by atoms with E-state index in [0.717, 1.165) is 30.8 Å².